The van der Waals surface area contributed by atoms with E-state index in [-0.39, 0.29) is 6.04 Å². The van der Waals surface area contributed by atoms with Gasteiger partial charge >= 0.3 is 6.18 Å². The molecule has 3 rings (SSSR count). The van der Waals surface area contributed by atoms with Crippen molar-refractivity contribution in [3.05, 3.63) is 30.3 Å². The van der Waals surface area contributed by atoms with Gasteiger partial charge in [0.2, 0.25) is 0 Å². The molecule has 2 aliphatic rings. The molecule has 0 spiro atoms. The molecule has 2 saturated heterocycles. The average molecular weight is 441 g/mol. The molecule has 0 amide bonds. The molecular formula is C22H35F3N6. The smallest absolute Gasteiger partial charge is 0.369 e. The Morgan fingerprint density at radius 1 is 1.03 bits per heavy atom. The van der Waals surface area contributed by atoms with Crippen LogP contribution in [0.5, 0.6) is 0 Å². The van der Waals surface area contributed by atoms with E-state index >= 15 is 0 Å². The molecule has 1 atom stereocenters. The van der Waals surface area contributed by atoms with Crippen molar-refractivity contribution in [3.8, 4) is 0 Å². The highest BCUT2D eigenvalue weighted by Gasteiger charge is 2.34. The highest BCUT2D eigenvalue weighted by atomic mass is 19.4. The van der Waals surface area contributed by atoms with Crippen LogP contribution in [0.3, 0.4) is 0 Å². The van der Waals surface area contributed by atoms with Crippen LogP contribution in [0.1, 0.15) is 19.3 Å². The number of alkyl halides is 3. The summed E-state index contributed by atoms with van der Waals surface area (Å²) in [5.74, 6) is 0.676. The van der Waals surface area contributed by atoms with Crippen molar-refractivity contribution in [2.45, 2.75) is 31.5 Å². The van der Waals surface area contributed by atoms with Crippen molar-refractivity contribution in [2.24, 2.45) is 4.99 Å². The monoisotopic (exact) mass is 440 g/mol. The minimum Gasteiger partial charge on any atom is -0.369 e. The van der Waals surface area contributed by atoms with E-state index in [4.69, 9.17) is 0 Å². The molecule has 0 aliphatic carbocycles. The first-order valence-electron chi connectivity index (χ1n) is 11.2. The van der Waals surface area contributed by atoms with Gasteiger partial charge in [-0.15, -0.1) is 0 Å². The van der Waals surface area contributed by atoms with E-state index in [0.717, 1.165) is 52.1 Å². The van der Waals surface area contributed by atoms with Crippen LogP contribution in [0.4, 0.5) is 18.9 Å². The van der Waals surface area contributed by atoms with Crippen LogP contribution < -0.4 is 15.5 Å². The summed E-state index contributed by atoms with van der Waals surface area (Å²) in [6, 6.07) is 10.6. The molecule has 2 fully saturated rings. The summed E-state index contributed by atoms with van der Waals surface area (Å²) < 4.78 is 37.6. The number of piperazine rings is 1. The molecule has 0 aromatic heterocycles. The Kier molecular flexibility index (Phi) is 8.83. The zero-order chi connectivity index (χ0) is 22.1. The van der Waals surface area contributed by atoms with Crippen LogP contribution in [-0.4, -0.2) is 93.9 Å². The van der Waals surface area contributed by atoms with E-state index in [2.05, 4.69) is 49.7 Å². The predicted octanol–water partition coefficient (Wildman–Crippen LogP) is 2.39. The fourth-order valence-corrected chi connectivity index (χ4v) is 4.27. The van der Waals surface area contributed by atoms with Gasteiger partial charge in [-0.05, 0) is 37.9 Å². The van der Waals surface area contributed by atoms with Crippen LogP contribution >= 0.6 is 0 Å². The van der Waals surface area contributed by atoms with Crippen molar-refractivity contribution in [2.75, 3.05) is 70.9 Å². The summed E-state index contributed by atoms with van der Waals surface area (Å²) >= 11 is 0. The van der Waals surface area contributed by atoms with Gasteiger partial charge in [-0.1, -0.05) is 18.2 Å². The largest absolute Gasteiger partial charge is 0.401 e. The molecule has 31 heavy (non-hydrogen) atoms. The van der Waals surface area contributed by atoms with Gasteiger partial charge in [0.1, 0.15) is 0 Å². The third-order valence-corrected chi connectivity index (χ3v) is 5.93. The van der Waals surface area contributed by atoms with E-state index in [1.165, 1.54) is 10.6 Å². The Bertz CT molecular complexity index is 674. The molecule has 9 heteroatoms. The van der Waals surface area contributed by atoms with Crippen LogP contribution in [0, 0.1) is 0 Å². The van der Waals surface area contributed by atoms with Gasteiger partial charge in [0, 0.05) is 64.6 Å². The fraction of sp³-hybridized carbons (Fsp3) is 0.682. The van der Waals surface area contributed by atoms with Crippen molar-refractivity contribution in [1.82, 2.24) is 20.4 Å². The molecule has 2 aliphatic heterocycles. The van der Waals surface area contributed by atoms with Crippen LogP contribution in [0.2, 0.25) is 0 Å². The van der Waals surface area contributed by atoms with Crippen LogP contribution in [0.15, 0.2) is 35.3 Å². The lowest BCUT2D eigenvalue weighted by atomic mass is 10.2. The standard InChI is InChI=1S/C22H35F3N6/c1-26-21(28-19-9-12-30(17-19)18-22(23,24)25)27-10-5-6-11-29-13-15-31(16-14-29)20-7-3-2-4-8-20/h2-4,7-8,19H,5-6,9-18H2,1H3,(H2,26,27,28). The number of nitrogens with zero attached hydrogens (tertiary/aromatic N) is 4. The summed E-state index contributed by atoms with van der Waals surface area (Å²) in [6.07, 6.45) is -1.29. The second kappa shape index (κ2) is 11.6. The number of anilines is 1. The van der Waals surface area contributed by atoms with E-state index in [0.29, 0.717) is 25.5 Å². The Balaban J connectivity index is 1.25. The third-order valence-electron chi connectivity index (χ3n) is 5.93. The van der Waals surface area contributed by atoms with Gasteiger partial charge in [-0.2, -0.15) is 13.2 Å². The number of benzene rings is 1. The van der Waals surface area contributed by atoms with Gasteiger partial charge < -0.3 is 15.5 Å². The quantitative estimate of drug-likeness (QED) is 0.369. The zero-order valence-corrected chi connectivity index (χ0v) is 18.4. The first-order chi connectivity index (χ1) is 14.9. The minimum absolute atomic E-state index is 0.00876. The Morgan fingerprint density at radius 3 is 2.45 bits per heavy atom. The molecule has 1 unspecified atom stereocenters. The summed E-state index contributed by atoms with van der Waals surface area (Å²) in [6.45, 7) is 6.21. The van der Waals surface area contributed by atoms with E-state index < -0.39 is 12.7 Å². The van der Waals surface area contributed by atoms with Crippen molar-refractivity contribution >= 4 is 11.6 Å². The summed E-state index contributed by atoms with van der Waals surface area (Å²) in [4.78, 5) is 10.6. The van der Waals surface area contributed by atoms with Crippen molar-refractivity contribution in [3.63, 3.8) is 0 Å². The SMILES string of the molecule is CN=C(NCCCCN1CCN(c2ccccc2)CC1)NC1CCN(CC(F)(F)F)C1. The number of hydrogen-bond acceptors (Lipinski definition) is 4. The average Bonchev–Trinajstić information content (AvgIpc) is 3.18. The molecule has 1 aromatic rings. The summed E-state index contributed by atoms with van der Waals surface area (Å²) in [5, 5.41) is 6.55. The van der Waals surface area contributed by atoms with E-state index in [1.54, 1.807) is 7.05 Å². The third kappa shape index (κ3) is 8.22. The Labute approximate surface area is 183 Å². The molecule has 174 valence electrons. The summed E-state index contributed by atoms with van der Waals surface area (Å²) in [5.41, 5.74) is 1.30. The number of para-hydroxylation sites is 1. The number of halogens is 3. The van der Waals surface area contributed by atoms with Crippen molar-refractivity contribution in [1.29, 1.82) is 0 Å². The summed E-state index contributed by atoms with van der Waals surface area (Å²) in [7, 11) is 1.70. The van der Waals surface area contributed by atoms with Gasteiger partial charge in [-0.25, -0.2) is 0 Å². The highest BCUT2D eigenvalue weighted by molar-refractivity contribution is 5.79. The van der Waals surface area contributed by atoms with Crippen molar-refractivity contribution < 1.29 is 13.2 Å². The Morgan fingerprint density at radius 2 is 1.77 bits per heavy atom. The van der Waals surface area contributed by atoms with E-state index in [1.807, 2.05) is 6.07 Å². The highest BCUT2D eigenvalue weighted by Crippen LogP contribution is 2.20. The number of guanidine groups is 1. The first-order valence-corrected chi connectivity index (χ1v) is 11.2. The second-order valence-electron chi connectivity index (χ2n) is 8.35. The Hall–Kier alpha value is -2.00. The lowest BCUT2D eigenvalue weighted by Gasteiger charge is -2.36. The second-order valence-corrected chi connectivity index (χ2v) is 8.35. The number of likely N-dealkylation sites (tertiary alicyclic amines) is 1. The minimum atomic E-state index is -4.14. The maximum absolute atomic E-state index is 12.5. The maximum atomic E-state index is 12.5. The maximum Gasteiger partial charge on any atom is 0.401 e. The number of hydrogen-bond donors (Lipinski definition) is 2. The number of rotatable bonds is 8. The number of nitrogens with one attached hydrogen (secondary N) is 2. The molecule has 0 saturated carbocycles. The van der Waals surface area contributed by atoms with E-state index in [9.17, 15) is 13.2 Å². The molecular weight excluding hydrogens is 405 g/mol. The predicted molar refractivity (Wildman–Crippen MR) is 120 cm³/mol. The molecule has 2 N–H and O–H groups in total. The van der Waals surface area contributed by atoms with Gasteiger partial charge in [0.25, 0.3) is 0 Å². The number of aliphatic imine (C=N–C) groups is 1. The number of unbranched alkanes of at least 4 members (excludes halogenated alkanes) is 1. The molecule has 6 nitrogen and oxygen atoms in total. The van der Waals surface area contributed by atoms with Crippen LogP contribution in [0.25, 0.3) is 0 Å². The molecule has 1 aromatic carbocycles. The van der Waals surface area contributed by atoms with Gasteiger partial charge in [-0.3, -0.25) is 14.8 Å². The fourth-order valence-electron chi connectivity index (χ4n) is 4.27. The lowest BCUT2D eigenvalue weighted by Crippen LogP contribution is -2.47. The zero-order valence-electron chi connectivity index (χ0n) is 18.4. The van der Waals surface area contributed by atoms with Crippen LogP contribution in [-0.2, 0) is 0 Å². The normalized spacial score (nSPS) is 21.5. The molecule has 0 radical (unpaired) electrons. The van der Waals surface area contributed by atoms with Gasteiger partial charge in [0.05, 0.1) is 6.54 Å². The molecule has 0 bridgehead atoms. The topological polar surface area (TPSA) is 46.1 Å². The van der Waals surface area contributed by atoms with Gasteiger partial charge in [0.15, 0.2) is 5.96 Å². The first kappa shape index (κ1) is 23.7. The lowest BCUT2D eigenvalue weighted by molar-refractivity contribution is -0.143. The molecule has 2 heterocycles.